The Hall–Kier alpha value is -2.62. The van der Waals surface area contributed by atoms with E-state index in [0.29, 0.717) is 36.9 Å². The molecule has 1 saturated heterocycles. The average molecular weight is 628 g/mol. The van der Waals surface area contributed by atoms with Crippen molar-refractivity contribution in [1.29, 1.82) is 0 Å². The highest BCUT2D eigenvalue weighted by Crippen LogP contribution is 2.52. The van der Waals surface area contributed by atoms with Gasteiger partial charge in [0.2, 0.25) is 5.60 Å². The van der Waals surface area contributed by atoms with Crippen LogP contribution in [0, 0.1) is 26.7 Å². The number of carbonyl (C=O) groups is 1. The quantitative estimate of drug-likeness (QED) is 0.139. The summed E-state index contributed by atoms with van der Waals surface area (Å²) in [5.74, 6) is 1.78. The maximum atomic E-state index is 13.8. The summed E-state index contributed by atoms with van der Waals surface area (Å²) in [7, 11) is 0. The highest BCUT2D eigenvalue weighted by atomic mass is 35.5. The van der Waals surface area contributed by atoms with Crippen LogP contribution in [0.1, 0.15) is 107 Å². The first kappa shape index (κ1) is 32.8. The molecule has 1 aliphatic heterocycles. The van der Waals surface area contributed by atoms with Crippen molar-refractivity contribution in [3.05, 3.63) is 45.9 Å². The second kappa shape index (κ2) is 13.8. The summed E-state index contributed by atoms with van der Waals surface area (Å²) in [6.45, 7) is 14.2. The number of β-lactam (4-membered cyclic amide) rings is 1. The van der Waals surface area contributed by atoms with Crippen LogP contribution in [0.3, 0.4) is 0 Å². The minimum Gasteiger partial charge on any atom is -0.475 e. The standard InChI is InChI=1S/C34H50ClN5O4/c1-7-9-10-11-15-34(44-27-13-12-22(3)19-23(27)4)32(41)37-33(34)16-14-28(43-18-17-42-8-2)26(21-33)20-24(5)30-36-31-29(35)25(6)38-40(31)39-30/h12-13,19,24,26,28,38H,7-11,14-18,20-21H2,1-6H3,(H,37,41). The largest absolute Gasteiger partial charge is 0.475 e. The number of unbranched alkanes of at least 4 members (excludes halogenated alkanes) is 3. The Morgan fingerprint density at radius 2 is 1.98 bits per heavy atom. The molecule has 2 aromatic heterocycles. The van der Waals surface area contributed by atoms with E-state index in [-0.39, 0.29) is 23.8 Å². The number of halogens is 1. The maximum absolute atomic E-state index is 13.8. The Morgan fingerprint density at radius 1 is 1.16 bits per heavy atom. The second-order valence-corrected chi connectivity index (χ2v) is 13.4. The number of hydrogen-bond acceptors (Lipinski definition) is 6. The van der Waals surface area contributed by atoms with Gasteiger partial charge in [0.15, 0.2) is 11.5 Å². The fourth-order valence-electron chi connectivity index (χ4n) is 7.36. The molecule has 44 heavy (non-hydrogen) atoms. The number of carbonyl (C=O) groups excluding carboxylic acids is 1. The molecular weight excluding hydrogens is 578 g/mol. The Kier molecular flexibility index (Phi) is 10.3. The van der Waals surface area contributed by atoms with Crippen molar-refractivity contribution in [1.82, 2.24) is 25.1 Å². The summed E-state index contributed by atoms with van der Waals surface area (Å²) in [5.41, 5.74) is 2.35. The van der Waals surface area contributed by atoms with Crippen LogP contribution in [0.5, 0.6) is 5.75 Å². The smallest absolute Gasteiger partial charge is 0.267 e. The van der Waals surface area contributed by atoms with Crippen molar-refractivity contribution in [3.63, 3.8) is 0 Å². The summed E-state index contributed by atoms with van der Waals surface area (Å²) in [6.07, 6.45) is 8.30. The zero-order valence-corrected chi connectivity index (χ0v) is 28.1. The third kappa shape index (κ3) is 6.38. The zero-order chi connectivity index (χ0) is 31.5. The molecule has 242 valence electrons. The molecule has 0 bridgehead atoms. The zero-order valence-electron chi connectivity index (χ0n) is 27.3. The van der Waals surface area contributed by atoms with E-state index in [9.17, 15) is 4.79 Å². The lowest BCUT2D eigenvalue weighted by molar-refractivity contribution is -0.185. The Morgan fingerprint density at radius 3 is 2.68 bits per heavy atom. The van der Waals surface area contributed by atoms with Crippen molar-refractivity contribution >= 4 is 23.2 Å². The van der Waals surface area contributed by atoms with Gasteiger partial charge in [0.05, 0.1) is 30.6 Å². The number of amides is 1. The molecule has 1 aliphatic carbocycles. The third-order valence-electron chi connectivity index (χ3n) is 9.77. The number of fused-ring (bicyclic) bond motifs is 1. The number of benzene rings is 1. The topological polar surface area (TPSA) is 103 Å². The SMILES string of the molecule is CCCCCCC1(Oc2ccc(C)cc2C)C(=O)NC12CCC(OCCOCC)C(CC(C)c1nc3c(Cl)c(C)[nH]n3n1)C2. The highest BCUT2D eigenvalue weighted by molar-refractivity contribution is 6.34. The first-order valence-electron chi connectivity index (χ1n) is 16.5. The van der Waals surface area contributed by atoms with E-state index in [0.717, 1.165) is 74.2 Å². The Labute approximate surface area is 266 Å². The number of ether oxygens (including phenoxy) is 3. The molecule has 1 spiro atoms. The van der Waals surface area contributed by atoms with Crippen LogP contribution in [-0.4, -0.2) is 62.8 Å². The lowest BCUT2D eigenvalue weighted by Crippen LogP contribution is -2.84. The molecule has 0 radical (unpaired) electrons. The summed E-state index contributed by atoms with van der Waals surface area (Å²) in [6, 6.07) is 6.22. The van der Waals surface area contributed by atoms with E-state index < -0.39 is 11.1 Å². The van der Waals surface area contributed by atoms with E-state index in [1.54, 1.807) is 4.63 Å². The van der Waals surface area contributed by atoms with Crippen molar-refractivity contribution in [2.45, 2.75) is 122 Å². The number of H-pyrrole nitrogens is 1. The average Bonchev–Trinajstić information content (AvgIpc) is 3.53. The van der Waals surface area contributed by atoms with Crippen LogP contribution in [0.25, 0.3) is 5.65 Å². The van der Waals surface area contributed by atoms with Crippen LogP contribution >= 0.6 is 11.6 Å². The van der Waals surface area contributed by atoms with Crippen LogP contribution in [0.2, 0.25) is 5.02 Å². The number of aromatic nitrogens is 4. The molecular formula is C34H50ClN5O4. The monoisotopic (exact) mass is 627 g/mol. The van der Waals surface area contributed by atoms with Gasteiger partial charge in [-0.05, 0) is 83.8 Å². The van der Waals surface area contributed by atoms with Crippen molar-refractivity contribution in [3.8, 4) is 5.75 Å². The van der Waals surface area contributed by atoms with Gasteiger partial charge in [-0.15, -0.1) is 5.10 Å². The number of nitrogens with one attached hydrogen (secondary N) is 2. The third-order valence-corrected chi connectivity index (χ3v) is 10.2. The lowest BCUT2D eigenvalue weighted by Gasteiger charge is -2.61. The van der Waals surface area contributed by atoms with Crippen molar-refractivity contribution in [2.24, 2.45) is 5.92 Å². The van der Waals surface area contributed by atoms with Gasteiger partial charge < -0.3 is 19.5 Å². The molecule has 3 heterocycles. The van der Waals surface area contributed by atoms with E-state index in [1.165, 1.54) is 5.56 Å². The normalized spacial score (nSPS) is 25.8. The number of rotatable bonds is 15. The molecule has 1 aromatic carbocycles. The van der Waals surface area contributed by atoms with E-state index >= 15 is 0 Å². The molecule has 2 N–H and O–H groups in total. The van der Waals surface area contributed by atoms with Gasteiger partial charge in [-0.1, -0.05) is 62.4 Å². The number of nitrogens with zero attached hydrogens (tertiary/aromatic N) is 3. The number of aryl methyl sites for hydroxylation is 3. The summed E-state index contributed by atoms with van der Waals surface area (Å²) in [5, 5.41) is 11.9. The maximum Gasteiger partial charge on any atom is 0.267 e. The highest BCUT2D eigenvalue weighted by Gasteiger charge is 2.69. The minimum absolute atomic E-state index is 0.00607. The molecule has 3 aromatic rings. The van der Waals surface area contributed by atoms with Crippen LogP contribution in [-0.2, 0) is 14.3 Å². The molecule has 1 amide bonds. The first-order valence-corrected chi connectivity index (χ1v) is 16.9. The number of aromatic amines is 1. The molecule has 10 heteroatoms. The van der Waals surface area contributed by atoms with Crippen LogP contribution in [0.4, 0.5) is 0 Å². The molecule has 2 fully saturated rings. The Bertz CT molecular complexity index is 1440. The fraction of sp³-hybridized carbons (Fsp3) is 0.676. The Balaban J connectivity index is 1.43. The van der Waals surface area contributed by atoms with Gasteiger partial charge in [-0.2, -0.15) is 4.63 Å². The van der Waals surface area contributed by atoms with E-state index in [4.69, 9.17) is 35.9 Å². The van der Waals surface area contributed by atoms with Gasteiger partial charge in [-0.25, -0.2) is 4.98 Å². The summed E-state index contributed by atoms with van der Waals surface area (Å²) < 4.78 is 20.7. The fourth-order valence-corrected chi connectivity index (χ4v) is 7.52. The molecule has 2 aliphatic rings. The molecule has 5 atom stereocenters. The van der Waals surface area contributed by atoms with Crippen molar-refractivity contribution in [2.75, 3.05) is 19.8 Å². The summed E-state index contributed by atoms with van der Waals surface area (Å²) in [4.78, 5) is 18.5. The van der Waals surface area contributed by atoms with Gasteiger partial charge in [0.25, 0.3) is 5.91 Å². The molecule has 5 rings (SSSR count). The van der Waals surface area contributed by atoms with E-state index in [1.807, 2.05) is 19.9 Å². The summed E-state index contributed by atoms with van der Waals surface area (Å²) >= 11 is 6.47. The van der Waals surface area contributed by atoms with Crippen molar-refractivity contribution < 1.29 is 19.0 Å². The lowest BCUT2D eigenvalue weighted by atomic mass is 9.58. The molecule has 1 saturated carbocycles. The predicted octanol–water partition coefficient (Wildman–Crippen LogP) is 7.01. The predicted molar refractivity (Wildman–Crippen MR) is 173 cm³/mol. The van der Waals surface area contributed by atoms with Gasteiger partial charge in [0.1, 0.15) is 10.8 Å². The molecule has 5 unspecified atom stereocenters. The minimum atomic E-state index is -0.911. The van der Waals surface area contributed by atoms with E-state index in [2.05, 4.69) is 50.2 Å². The van der Waals surface area contributed by atoms with Crippen LogP contribution in [0.15, 0.2) is 18.2 Å². The van der Waals surface area contributed by atoms with Gasteiger partial charge in [0, 0.05) is 12.5 Å². The molecule has 9 nitrogen and oxygen atoms in total. The van der Waals surface area contributed by atoms with Gasteiger partial charge >= 0.3 is 0 Å². The number of hydrogen-bond donors (Lipinski definition) is 2. The van der Waals surface area contributed by atoms with Crippen LogP contribution < -0.4 is 10.1 Å². The second-order valence-electron chi connectivity index (χ2n) is 13.0. The first-order chi connectivity index (χ1) is 21.1. The van der Waals surface area contributed by atoms with Gasteiger partial charge in [-0.3, -0.25) is 9.89 Å².